The SMILES string of the molecule is C=CCCC.N.N. The van der Waals surface area contributed by atoms with E-state index in [1.165, 1.54) is 6.42 Å². The number of allylic oxidation sites excluding steroid dienone is 1. The molecule has 0 atom stereocenters. The first-order chi connectivity index (χ1) is 2.41. The molecule has 0 aromatic rings. The van der Waals surface area contributed by atoms with Gasteiger partial charge in [0.05, 0.1) is 0 Å². The van der Waals surface area contributed by atoms with E-state index in [1.807, 2.05) is 6.08 Å². The maximum Gasteiger partial charge on any atom is -0.0356 e. The molecule has 0 aliphatic heterocycles. The van der Waals surface area contributed by atoms with Gasteiger partial charge in [0, 0.05) is 0 Å². The molecular formula is C5H16N2. The molecular weight excluding hydrogens is 88.1 g/mol. The third-order valence-electron chi connectivity index (χ3n) is 0.493. The minimum absolute atomic E-state index is 0. The van der Waals surface area contributed by atoms with Crippen LogP contribution in [0.4, 0.5) is 0 Å². The quantitative estimate of drug-likeness (QED) is 0.527. The number of rotatable bonds is 2. The zero-order chi connectivity index (χ0) is 4.12. The van der Waals surface area contributed by atoms with E-state index in [4.69, 9.17) is 0 Å². The highest BCUT2D eigenvalue weighted by atomic mass is 14.0. The van der Waals surface area contributed by atoms with Gasteiger partial charge in [-0.15, -0.1) is 6.58 Å². The third kappa shape index (κ3) is 27.5. The van der Waals surface area contributed by atoms with Crippen molar-refractivity contribution >= 4 is 0 Å². The van der Waals surface area contributed by atoms with Crippen LogP contribution in [0.3, 0.4) is 0 Å². The van der Waals surface area contributed by atoms with Gasteiger partial charge in [0.1, 0.15) is 0 Å². The van der Waals surface area contributed by atoms with Gasteiger partial charge in [0.25, 0.3) is 0 Å². The lowest BCUT2D eigenvalue weighted by Crippen LogP contribution is -1.52. The van der Waals surface area contributed by atoms with Crippen LogP contribution in [0.25, 0.3) is 0 Å². The molecule has 0 spiro atoms. The lowest BCUT2D eigenvalue weighted by Gasteiger charge is -1.72. The highest BCUT2D eigenvalue weighted by molar-refractivity contribution is 4.63. The van der Waals surface area contributed by atoms with Gasteiger partial charge in [-0.3, -0.25) is 0 Å². The third-order valence-corrected chi connectivity index (χ3v) is 0.493. The van der Waals surface area contributed by atoms with Crippen molar-refractivity contribution < 1.29 is 0 Å². The Balaban J connectivity index is -0.0000000800. The van der Waals surface area contributed by atoms with Crippen molar-refractivity contribution in [2.24, 2.45) is 0 Å². The number of hydrogen-bond acceptors (Lipinski definition) is 2. The molecule has 6 N–H and O–H groups in total. The highest BCUT2D eigenvalue weighted by Crippen LogP contribution is 1.82. The number of unbranched alkanes of at least 4 members (excludes halogenated alkanes) is 1. The molecule has 0 aromatic heterocycles. The van der Waals surface area contributed by atoms with Crippen molar-refractivity contribution in [1.82, 2.24) is 12.3 Å². The summed E-state index contributed by atoms with van der Waals surface area (Å²) in [4.78, 5) is 0. The summed E-state index contributed by atoms with van der Waals surface area (Å²) in [7, 11) is 0. The van der Waals surface area contributed by atoms with Gasteiger partial charge in [0.2, 0.25) is 0 Å². The summed E-state index contributed by atoms with van der Waals surface area (Å²) in [5.41, 5.74) is 0. The summed E-state index contributed by atoms with van der Waals surface area (Å²) in [6.45, 7) is 5.69. The second kappa shape index (κ2) is 17.4. The molecule has 0 aromatic carbocycles. The molecule has 0 radical (unpaired) electrons. The van der Waals surface area contributed by atoms with Crippen molar-refractivity contribution in [1.29, 1.82) is 0 Å². The average molecular weight is 104 g/mol. The van der Waals surface area contributed by atoms with E-state index in [2.05, 4.69) is 13.5 Å². The van der Waals surface area contributed by atoms with Gasteiger partial charge in [-0.2, -0.15) is 0 Å². The van der Waals surface area contributed by atoms with Crippen LogP contribution in [0, 0.1) is 0 Å². The van der Waals surface area contributed by atoms with Crippen LogP contribution in [-0.2, 0) is 0 Å². The van der Waals surface area contributed by atoms with Crippen LogP contribution in [0.1, 0.15) is 19.8 Å². The molecule has 0 amide bonds. The van der Waals surface area contributed by atoms with Gasteiger partial charge >= 0.3 is 0 Å². The summed E-state index contributed by atoms with van der Waals surface area (Å²) in [5, 5.41) is 0. The fourth-order valence-corrected chi connectivity index (χ4v) is 0.204. The van der Waals surface area contributed by atoms with E-state index in [-0.39, 0.29) is 12.3 Å². The second-order valence-electron chi connectivity index (χ2n) is 1.08. The lowest BCUT2D eigenvalue weighted by molar-refractivity contribution is 0.961. The van der Waals surface area contributed by atoms with E-state index in [9.17, 15) is 0 Å². The molecule has 0 aliphatic rings. The minimum Gasteiger partial charge on any atom is -0.344 e. The first-order valence-corrected chi connectivity index (χ1v) is 2.02. The average Bonchev–Trinajstić information content (AvgIpc) is 1.41. The van der Waals surface area contributed by atoms with Crippen LogP contribution in [0.2, 0.25) is 0 Å². The summed E-state index contributed by atoms with van der Waals surface area (Å²) < 4.78 is 0. The Bertz CT molecular complexity index is 27.3. The van der Waals surface area contributed by atoms with Crippen molar-refractivity contribution in [2.75, 3.05) is 0 Å². The minimum atomic E-state index is 0. The predicted molar refractivity (Wildman–Crippen MR) is 35.1 cm³/mol. The summed E-state index contributed by atoms with van der Waals surface area (Å²) >= 11 is 0. The van der Waals surface area contributed by atoms with Gasteiger partial charge < -0.3 is 12.3 Å². The first kappa shape index (κ1) is 15.9. The Kier molecular flexibility index (Phi) is 39.5. The fraction of sp³-hybridized carbons (Fsp3) is 0.600. The van der Waals surface area contributed by atoms with E-state index in [1.54, 1.807) is 0 Å². The monoisotopic (exact) mass is 104 g/mol. The Hall–Kier alpha value is -0.340. The van der Waals surface area contributed by atoms with Crippen LogP contribution >= 0.6 is 0 Å². The zero-order valence-electron chi connectivity index (χ0n) is 5.11. The summed E-state index contributed by atoms with van der Waals surface area (Å²) in [6, 6.07) is 0. The largest absolute Gasteiger partial charge is 0.344 e. The molecule has 0 rings (SSSR count). The summed E-state index contributed by atoms with van der Waals surface area (Å²) in [5.74, 6) is 0. The van der Waals surface area contributed by atoms with Crippen molar-refractivity contribution in [3.63, 3.8) is 0 Å². The van der Waals surface area contributed by atoms with E-state index < -0.39 is 0 Å². The molecule has 0 fully saturated rings. The van der Waals surface area contributed by atoms with Crippen molar-refractivity contribution in [3.05, 3.63) is 12.7 Å². The molecule has 46 valence electrons. The van der Waals surface area contributed by atoms with E-state index in [0.29, 0.717) is 0 Å². The fourth-order valence-electron chi connectivity index (χ4n) is 0.204. The highest BCUT2D eigenvalue weighted by Gasteiger charge is 1.61. The molecule has 7 heavy (non-hydrogen) atoms. The van der Waals surface area contributed by atoms with Gasteiger partial charge in [0.15, 0.2) is 0 Å². The lowest BCUT2D eigenvalue weighted by atomic mass is 10.3. The van der Waals surface area contributed by atoms with Crippen molar-refractivity contribution in [2.45, 2.75) is 19.8 Å². The Morgan fingerprint density at radius 1 is 1.43 bits per heavy atom. The van der Waals surface area contributed by atoms with Gasteiger partial charge in [-0.1, -0.05) is 19.4 Å². The first-order valence-electron chi connectivity index (χ1n) is 2.02. The topological polar surface area (TPSA) is 70.0 Å². The summed E-state index contributed by atoms with van der Waals surface area (Å²) in [6.07, 6.45) is 4.31. The number of hydrogen-bond donors (Lipinski definition) is 2. The molecule has 2 heteroatoms. The van der Waals surface area contributed by atoms with Crippen molar-refractivity contribution in [3.8, 4) is 0 Å². The maximum absolute atomic E-state index is 3.55. The Labute approximate surface area is 45.8 Å². The Morgan fingerprint density at radius 2 is 1.86 bits per heavy atom. The molecule has 0 bridgehead atoms. The van der Waals surface area contributed by atoms with Crippen LogP contribution in [0.15, 0.2) is 12.7 Å². The normalized spacial score (nSPS) is 5.29. The second-order valence-corrected chi connectivity index (χ2v) is 1.08. The zero-order valence-corrected chi connectivity index (χ0v) is 5.11. The van der Waals surface area contributed by atoms with E-state index >= 15 is 0 Å². The Morgan fingerprint density at radius 3 is 1.86 bits per heavy atom. The predicted octanol–water partition coefficient (Wildman–Crippen LogP) is 2.30. The standard InChI is InChI=1S/C5H10.2H3N/c1-3-5-4-2;;/h3H,1,4-5H2,2H3;2*1H3. The van der Waals surface area contributed by atoms with Crippen LogP contribution in [-0.4, -0.2) is 0 Å². The molecule has 0 heterocycles. The maximum atomic E-state index is 3.55. The molecule has 0 saturated carbocycles. The molecule has 2 nitrogen and oxygen atoms in total. The molecule has 0 aliphatic carbocycles. The van der Waals surface area contributed by atoms with E-state index in [0.717, 1.165) is 6.42 Å². The van der Waals surface area contributed by atoms with Crippen LogP contribution in [0.5, 0.6) is 0 Å². The van der Waals surface area contributed by atoms with Crippen LogP contribution < -0.4 is 12.3 Å². The molecule has 0 unspecified atom stereocenters. The van der Waals surface area contributed by atoms with Gasteiger partial charge in [-0.05, 0) is 6.42 Å². The molecule has 0 saturated heterocycles. The van der Waals surface area contributed by atoms with Gasteiger partial charge in [-0.25, -0.2) is 0 Å². The smallest absolute Gasteiger partial charge is 0.0356 e.